The minimum atomic E-state index is -0.944. The van der Waals surface area contributed by atoms with Crippen LogP contribution in [0.25, 0.3) is 0 Å². The zero-order valence-electron chi connectivity index (χ0n) is 35.3. The maximum Gasteiger partial charge on any atom is -0.0134 e. The Bertz CT molecular complexity index is 2100. The average molecular weight is 982 g/mol. The number of hydrogen-bond donors (Lipinski definition) is 0. The van der Waals surface area contributed by atoms with Crippen molar-refractivity contribution in [3.63, 3.8) is 0 Å². The van der Waals surface area contributed by atoms with Gasteiger partial charge in [0.05, 0.1) is 0 Å². The molecule has 0 heterocycles. The Morgan fingerprint density at radius 3 is 0.516 bits per heavy atom. The maximum atomic E-state index is 9.83. The van der Waals surface area contributed by atoms with E-state index in [2.05, 4.69) is 273 Å². The summed E-state index contributed by atoms with van der Waals surface area (Å²) in [4.78, 5) is 19.3. The molecule has 0 bridgehead atoms. The van der Waals surface area contributed by atoms with Crippen LogP contribution in [0.5, 0.6) is 0 Å². The quantitative estimate of drug-likeness (QED) is 0.0562. The zero-order chi connectivity index (χ0) is 44.6. The molecule has 0 aliphatic carbocycles. The van der Waals surface area contributed by atoms with Crippen LogP contribution < -0.4 is 47.7 Å². The predicted molar refractivity (Wildman–Crippen MR) is 273 cm³/mol. The van der Waals surface area contributed by atoms with Crippen LogP contribution in [-0.4, -0.2) is 7.81 Å². The van der Waals surface area contributed by atoms with Gasteiger partial charge in [-0.3, -0.25) is 0 Å². The van der Waals surface area contributed by atoms with Crippen LogP contribution in [0.2, 0.25) is 0 Å². The fourth-order valence-corrected chi connectivity index (χ4v) is 13.9. The third kappa shape index (κ3) is 15.1. The zero-order valence-corrected chi connectivity index (χ0v) is 39.5. The molecule has 0 atom stereocenters. The van der Waals surface area contributed by atoms with Crippen LogP contribution in [0.15, 0.2) is 273 Å². The van der Waals surface area contributed by atoms with Crippen molar-refractivity contribution in [3.8, 4) is 0 Å². The van der Waals surface area contributed by atoms with Gasteiger partial charge in [0.25, 0.3) is 0 Å². The van der Waals surface area contributed by atoms with Crippen LogP contribution in [0, 0.1) is 10.1 Å². The number of rotatable bonds is 11. The van der Waals surface area contributed by atoms with E-state index in [9.17, 15) is 14.9 Å². The summed E-state index contributed by atoms with van der Waals surface area (Å²) in [7, 11) is -1.34. The molecule has 0 saturated heterocycles. The summed E-state index contributed by atoms with van der Waals surface area (Å²) in [6.07, 6.45) is 0. The summed E-state index contributed by atoms with van der Waals surface area (Å²) in [6.45, 7) is 1.21. The van der Waals surface area contributed by atoms with Gasteiger partial charge in [0.15, 0.2) is 0 Å². The topological polar surface area (TPSA) is 60.2 Å². The molecule has 0 saturated carbocycles. The second-order valence-electron chi connectivity index (χ2n) is 13.7. The van der Waals surface area contributed by atoms with Crippen LogP contribution in [-0.2, 0) is 23.0 Å². The van der Waals surface area contributed by atoms with Gasteiger partial charge in [-0.1, -0.05) is 273 Å². The monoisotopic (exact) mass is 981 g/mol. The van der Waals surface area contributed by atoms with Crippen LogP contribution in [0.3, 0.4) is 0 Å². The summed E-state index contributed by atoms with van der Waals surface area (Å²) in [5.41, 5.74) is 0. The molecule has 8 heteroatoms. The normalized spacial score (nSPS) is 10.4. The first-order valence-corrected chi connectivity index (χ1v) is 26.1. The number of nitro groups is 1. The van der Waals surface area contributed by atoms with E-state index in [4.69, 9.17) is 0 Å². The van der Waals surface area contributed by atoms with Crippen molar-refractivity contribution >= 4 is 75.8 Å². The molecule has 0 amide bonds. The molecule has 64 heavy (non-hydrogen) atoms. The SMILES string of the molecule is C[C](=O)[Pd][N+](=O)[O-].c1ccc(P(c2ccccc2)c2ccccc2)cc1.c1ccc(P(c2ccccc2)c2ccccc2)cc1.c1ccc(P(c2ccccc2)c2ccccc2)cc1. The van der Waals surface area contributed by atoms with E-state index in [0.29, 0.717) is 0 Å². The number of nitrogens with zero attached hydrogens (tertiary/aromatic N) is 1. The van der Waals surface area contributed by atoms with Crippen molar-refractivity contribution in [1.29, 1.82) is 0 Å². The molecule has 9 rings (SSSR count). The Balaban J connectivity index is 0.000000148. The van der Waals surface area contributed by atoms with E-state index in [1.165, 1.54) is 54.7 Å². The van der Waals surface area contributed by atoms with Crippen LogP contribution in [0.1, 0.15) is 6.92 Å². The summed E-state index contributed by atoms with van der Waals surface area (Å²) < 4.78 is -0.962. The average Bonchev–Trinajstić information content (AvgIpc) is 3.35. The number of benzene rings is 9. The van der Waals surface area contributed by atoms with Gasteiger partial charge in [0, 0.05) is 0 Å². The van der Waals surface area contributed by atoms with Gasteiger partial charge in [0.1, 0.15) is 0 Å². The van der Waals surface area contributed by atoms with E-state index >= 15 is 0 Å². The van der Waals surface area contributed by atoms with Crippen LogP contribution >= 0.6 is 23.8 Å². The van der Waals surface area contributed by atoms with Crippen LogP contribution in [0.4, 0.5) is 0 Å². The molecular weight excluding hydrogens is 934 g/mol. The molecule has 320 valence electrons. The van der Waals surface area contributed by atoms with Gasteiger partial charge < -0.3 is 0 Å². The maximum absolute atomic E-state index is 9.83. The fourth-order valence-electron chi connectivity index (χ4n) is 6.62. The molecule has 9 aromatic carbocycles. The first-order valence-electron chi connectivity index (χ1n) is 20.6. The van der Waals surface area contributed by atoms with Gasteiger partial charge in [-0.15, -0.1) is 0 Å². The van der Waals surface area contributed by atoms with E-state index in [0.717, 1.165) is 0 Å². The van der Waals surface area contributed by atoms with E-state index in [1.807, 2.05) is 0 Å². The van der Waals surface area contributed by atoms with E-state index in [1.54, 1.807) is 0 Å². The Labute approximate surface area is 390 Å². The van der Waals surface area contributed by atoms with Crippen molar-refractivity contribution in [1.82, 2.24) is 0 Å². The number of carbonyl (C=O) groups is 1. The molecule has 9 aromatic rings. The minimum Gasteiger partial charge on any atom is -0.0622 e. The van der Waals surface area contributed by atoms with Gasteiger partial charge in [-0.05, 0) is 71.5 Å². The summed E-state index contributed by atoms with van der Waals surface area (Å²) in [6, 6.07) is 97.0. The van der Waals surface area contributed by atoms with Gasteiger partial charge in [0.2, 0.25) is 0 Å². The Kier molecular flexibility index (Phi) is 19.7. The molecule has 0 radical (unpaired) electrons. The third-order valence-electron chi connectivity index (χ3n) is 9.29. The van der Waals surface area contributed by atoms with E-state index in [-0.39, 0.29) is 4.26 Å². The van der Waals surface area contributed by atoms with Gasteiger partial charge >= 0.3 is 47.9 Å². The molecular formula is C56H48NO3P3Pd. The Morgan fingerprint density at radius 1 is 0.312 bits per heavy atom. The first kappa shape index (κ1) is 47.5. The Hall–Kier alpha value is -6.00. The summed E-state index contributed by atoms with van der Waals surface area (Å²) in [5, 5.41) is 22.0. The van der Waals surface area contributed by atoms with Gasteiger partial charge in [-0.2, -0.15) is 0 Å². The molecule has 4 nitrogen and oxygen atoms in total. The van der Waals surface area contributed by atoms with E-state index < -0.39 is 45.5 Å². The number of hydrogen-bond acceptors (Lipinski definition) is 3. The third-order valence-corrected chi connectivity index (χ3v) is 17.4. The predicted octanol–water partition coefficient (Wildman–Crippen LogP) is 10.1. The minimum absolute atomic E-state index is 0.362. The summed E-state index contributed by atoms with van der Waals surface area (Å²) in [5.74, 6) is 0. The summed E-state index contributed by atoms with van der Waals surface area (Å²) >= 11 is -0.944. The second kappa shape index (κ2) is 26.6. The first-order chi connectivity index (χ1) is 31.5. The van der Waals surface area contributed by atoms with Crippen molar-refractivity contribution in [3.05, 3.63) is 283 Å². The molecule has 0 unspecified atom stereocenters. The van der Waals surface area contributed by atoms with Crippen molar-refractivity contribution < 1.29 is 26.6 Å². The molecule has 0 aliphatic rings. The van der Waals surface area contributed by atoms with Crippen molar-refractivity contribution in [2.75, 3.05) is 0 Å². The molecule has 0 aromatic heterocycles. The molecule has 0 N–H and O–H groups in total. The molecule has 0 aliphatic heterocycles. The van der Waals surface area contributed by atoms with Crippen molar-refractivity contribution in [2.24, 2.45) is 0 Å². The smallest absolute Gasteiger partial charge is 0.0134 e. The fraction of sp³-hybridized carbons (Fsp3) is 0.0179. The molecule has 0 spiro atoms. The van der Waals surface area contributed by atoms with Crippen molar-refractivity contribution in [2.45, 2.75) is 6.92 Å². The standard InChI is InChI=1S/3C18H15P.C2H3O.NO2.Pd/c3*1-4-10-16(11-5-1)19(17-12-6-2-7-13-17)18-14-8-3-9-15-18;1-2-3;2-1-3;/h3*1-15H;1H3;;. The Morgan fingerprint density at radius 2 is 0.438 bits per heavy atom. The second-order valence-corrected chi connectivity index (χ2v) is 22.4. The largest absolute Gasteiger partial charge is 0.0622 e. The van der Waals surface area contributed by atoms with Gasteiger partial charge in [-0.25, -0.2) is 0 Å². The molecule has 0 fully saturated rings. The number of carbonyl (C=O) groups excluding carboxylic acids is 1.